The molecule has 0 N–H and O–H groups in total. The van der Waals surface area contributed by atoms with Crippen molar-refractivity contribution in [2.45, 2.75) is 71.6 Å². The van der Waals surface area contributed by atoms with Gasteiger partial charge in [-0.3, -0.25) is 0 Å². The summed E-state index contributed by atoms with van der Waals surface area (Å²) in [6.45, 7) is 11.8. The predicted octanol–water partition coefficient (Wildman–Crippen LogP) is 4.29. The van der Waals surface area contributed by atoms with E-state index in [-0.39, 0.29) is 11.0 Å². The first-order valence-corrected chi connectivity index (χ1v) is 9.97. The average molecular weight is 252 g/mol. The molecule has 1 saturated carbocycles. The van der Waals surface area contributed by atoms with Crippen molar-refractivity contribution in [1.82, 2.24) is 0 Å². The summed E-state index contributed by atoms with van der Waals surface area (Å²) in [6.07, 6.45) is 11.4. The summed E-state index contributed by atoms with van der Waals surface area (Å²) < 4.78 is 6.69. The second-order valence-corrected chi connectivity index (χ2v) is 9.53. The van der Waals surface area contributed by atoms with Gasteiger partial charge in [0.1, 0.15) is 0 Å². The highest BCUT2D eigenvalue weighted by Crippen LogP contribution is 2.61. The van der Waals surface area contributed by atoms with Crippen LogP contribution in [0.1, 0.15) is 52.9 Å². The van der Waals surface area contributed by atoms with E-state index in [1.165, 1.54) is 32.1 Å². The standard InChI is InChI=1S/C15H28OSi/c1-13(2,3)15(16-17(4)5)12-8-11-14(15)9-6-7-10-14/h6,9,17H,7-8,10-12H2,1-5H3. The first kappa shape index (κ1) is 13.4. The molecule has 2 aliphatic carbocycles. The molecule has 0 aromatic rings. The third-order valence-corrected chi connectivity index (χ3v) is 5.67. The summed E-state index contributed by atoms with van der Waals surface area (Å²) in [6, 6.07) is 0. The lowest BCUT2D eigenvalue weighted by atomic mass is 9.62. The van der Waals surface area contributed by atoms with Crippen LogP contribution < -0.4 is 0 Å². The molecule has 0 heterocycles. The third-order valence-electron chi connectivity index (χ3n) is 4.80. The van der Waals surface area contributed by atoms with Gasteiger partial charge in [-0.05, 0) is 50.6 Å². The maximum atomic E-state index is 6.69. The minimum atomic E-state index is -1.01. The van der Waals surface area contributed by atoms with Crippen molar-refractivity contribution in [1.29, 1.82) is 0 Å². The second kappa shape index (κ2) is 4.24. The molecule has 17 heavy (non-hydrogen) atoms. The molecule has 2 rings (SSSR count). The van der Waals surface area contributed by atoms with Crippen LogP contribution in [0.2, 0.25) is 13.1 Å². The van der Waals surface area contributed by atoms with Crippen molar-refractivity contribution in [3.05, 3.63) is 12.2 Å². The molecule has 0 radical (unpaired) electrons. The molecule has 1 fully saturated rings. The molecule has 2 unspecified atom stereocenters. The van der Waals surface area contributed by atoms with Crippen molar-refractivity contribution in [2.24, 2.45) is 10.8 Å². The highest BCUT2D eigenvalue weighted by atomic mass is 28.3. The summed E-state index contributed by atoms with van der Waals surface area (Å²) in [5.74, 6) is 0. The molecular formula is C15H28OSi. The maximum absolute atomic E-state index is 6.69. The van der Waals surface area contributed by atoms with Gasteiger partial charge in [0.2, 0.25) is 0 Å². The molecule has 0 amide bonds. The number of hydrogen-bond donors (Lipinski definition) is 0. The zero-order valence-corrected chi connectivity index (χ0v) is 13.3. The molecule has 0 aromatic carbocycles. The van der Waals surface area contributed by atoms with Crippen LogP contribution in [0.25, 0.3) is 0 Å². The van der Waals surface area contributed by atoms with Crippen LogP contribution in [0.5, 0.6) is 0 Å². The lowest BCUT2D eigenvalue weighted by molar-refractivity contribution is -0.0983. The van der Waals surface area contributed by atoms with Crippen LogP contribution in [0.3, 0.4) is 0 Å². The molecule has 1 spiro atoms. The van der Waals surface area contributed by atoms with Gasteiger partial charge in [-0.25, -0.2) is 0 Å². The number of allylic oxidation sites excluding steroid dienone is 1. The molecule has 0 bridgehead atoms. The fraction of sp³-hybridized carbons (Fsp3) is 0.867. The van der Waals surface area contributed by atoms with Crippen molar-refractivity contribution < 1.29 is 4.43 Å². The summed E-state index contributed by atoms with van der Waals surface area (Å²) in [5.41, 5.74) is 0.700. The zero-order chi connectivity index (χ0) is 12.7. The van der Waals surface area contributed by atoms with E-state index in [1.54, 1.807) is 0 Å². The van der Waals surface area contributed by atoms with Crippen LogP contribution in [0, 0.1) is 10.8 Å². The van der Waals surface area contributed by atoms with Crippen LogP contribution >= 0.6 is 0 Å². The highest BCUT2D eigenvalue weighted by Gasteiger charge is 2.60. The molecule has 2 aliphatic rings. The van der Waals surface area contributed by atoms with E-state index >= 15 is 0 Å². The normalized spacial score (nSPS) is 37.5. The number of hydrogen-bond acceptors (Lipinski definition) is 1. The Balaban J connectivity index is 2.42. The van der Waals surface area contributed by atoms with Crippen molar-refractivity contribution in [3.63, 3.8) is 0 Å². The fourth-order valence-corrected chi connectivity index (χ4v) is 5.77. The van der Waals surface area contributed by atoms with E-state index in [0.717, 1.165) is 0 Å². The van der Waals surface area contributed by atoms with Crippen molar-refractivity contribution in [2.75, 3.05) is 0 Å². The first-order valence-electron chi connectivity index (χ1n) is 7.19. The van der Waals surface area contributed by atoms with Gasteiger partial charge in [0.25, 0.3) is 0 Å². The Labute approximate surface area is 108 Å². The van der Waals surface area contributed by atoms with Crippen LogP contribution in [-0.4, -0.2) is 14.6 Å². The lowest BCUT2D eigenvalue weighted by Gasteiger charge is -2.53. The Bertz CT molecular complexity index is 315. The van der Waals surface area contributed by atoms with E-state index in [0.29, 0.717) is 5.41 Å². The Morgan fingerprint density at radius 2 is 1.82 bits per heavy atom. The van der Waals surface area contributed by atoms with Gasteiger partial charge in [-0.1, -0.05) is 32.9 Å². The van der Waals surface area contributed by atoms with Gasteiger partial charge in [-0.2, -0.15) is 0 Å². The monoisotopic (exact) mass is 252 g/mol. The van der Waals surface area contributed by atoms with Gasteiger partial charge in [-0.15, -0.1) is 0 Å². The topological polar surface area (TPSA) is 9.23 Å². The predicted molar refractivity (Wildman–Crippen MR) is 76.8 cm³/mol. The molecule has 1 nitrogen and oxygen atoms in total. The summed E-state index contributed by atoms with van der Waals surface area (Å²) >= 11 is 0. The van der Waals surface area contributed by atoms with Gasteiger partial charge in [0.15, 0.2) is 9.04 Å². The first-order chi connectivity index (χ1) is 7.83. The van der Waals surface area contributed by atoms with E-state index in [9.17, 15) is 0 Å². The average Bonchev–Trinajstić information content (AvgIpc) is 2.75. The van der Waals surface area contributed by atoms with Crippen molar-refractivity contribution in [3.8, 4) is 0 Å². The highest BCUT2D eigenvalue weighted by molar-refractivity contribution is 6.48. The maximum Gasteiger partial charge on any atom is 0.171 e. The summed E-state index contributed by atoms with van der Waals surface area (Å²) in [5, 5.41) is 0. The molecule has 2 heteroatoms. The number of rotatable bonds is 2. The Kier molecular flexibility index (Phi) is 3.33. The van der Waals surface area contributed by atoms with Crippen LogP contribution in [-0.2, 0) is 4.43 Å². The quantitative estimate of drug-likeness (QED) is 0.526. The Hall–Kier alpha value is -0.0831. The van der Waals surface area contributed by atoms with Gasteiger partial charge >= 0.3 is 0 Å². The molecule has 0 aromatic heterocycles. The van der Waals surface area contributed by atoms with Crippen LogP contribution in [0.15, 0.2) is 12.2 Å². The SMILES string of the molecule is C[SiH](C)OC1(C(C)(C)C)CCCC12C=CCC2. The largest absolute Gasteiger partial charge is 0.414 e. The molecule has 98 valence electrons. The summed E-state index contributed by atoms with van der Waals surface area (Å²) in [7, 11) is -1.01. The lowest BCUT2D eigenvalue weighted by Crippen LogP contribution is -2.55. The smallest absolute Gasteiger partial charge is 0.171 e. The van der Waals surface area contributed by atoms with Gasteiger partial charge < -0.3 is 4.43 Å². The minimum Gasteiger partial charge on any atom is -0.414 e. The van der Waals surface area contributed by atoms with E-state index in [4.69, 9.17) is 4.43 Å². The Morgan fingerprint density at radius 1 is 1.12 bits per heavy atom. The minimum absolute atomic E-state index is 0.105. The molecule has 0 aliphatic heterocycles. The Morgan fingerprint density at radius 3 is 2.29 bits per heavy atom. The van der Waals surface area contributed by atoms with Crippen LogP contribution in [0.4, 0.5) is 0 Å². The third kappa shape index (κ3) is 1.93. The second-order valence-electron chi connectivity index (χ2n) is 7.19. The van der Waals surface area contributed by atoms with E-state index < -0.39 is 9.04 Å². The van der Waals surface area contributed by atoms with E-state index in [2.05, 4.69) is 46.0 Å². The summed E-state index contributed by atoms with van der Waals surface area (Å²) in [4.78, 5) is 0. The van der Waals surface area contributed by atoms with Crippen molar-refractivity contribution >= 4 is 9.04 Å². The van der Waals surface area contributed by atoms with E-state index in [1.807, 2.05) is 0 Å². The van der Waals surface area contributed by atoms with Gasteiger partial charge in [0, 0.05) is 5.41 Å². The molecule has 2 atom stereocenters. The molecule has 0 saturated heterocycles. The van der Waals surface area contributed by atoms with Gasteiger partial charge in [0.05, 0.1) is 5.60 Å². The zero-order valence-electron chi connectivity index (χ0n) is 12.2. The molecular weight excluding hydrogens is 224 g/mol. The fourth-order valence-electron chi connectivity index (χ4n) is 4.26.